The molecule has 0 N–H and O–H groups in total. The first kappa shape index (κ1) is 16.3. The maximum Gasteiger partial charge on any atom is 0.177 e. The standard InChI is InChI=1S/C21H23NO3/c1-22(25-20-12-5-6-15-23-20)18-14-13-16-8-7-11-19(21(16)18)24-17-9-3-2-4-10-17/h2-4,7-11,13-14,18,20H,5-6,12,15H2,1H3. The van der Waals surface area contributed by atoms with E-state index in [2.05, 4.69) is 18.2 Å². The molecule has 2 atom stereocenters. The Balaban J connectivity index is 1.54. The van der Waals surface area contributed by atoms with Crippen LogP contribution in [0.5, 0.6) is 11.5 Å². The molecule has 2 aliphatic rings. The molecule has 2 aromatic carbocycles. The third-order valence-electron chi connectivity index (χ3n) is 4.64. The van der Waals surface area contributed by atoms with Gasteiger partial charge < -0.3 is 9.47 Å². The van der Waals surface area contributed by atoms with Gasteiger partial charge in [-0.15, -0.1) is 0 Å². The van der Waals surface area contributed by atoms with Crippen molar-refractivity contribution >= 4 is 6.08 Å². The van der Waals surface area contributed by atoms with Gasteiger partial charge in [-0.25, -0.2) is 0 Å². The summed E-state index contributed by atoms with van der Waals surface area (Å²) < 4.78 is 11.8. The number of ether oxygens (including phenoxy) is 2. The first-order valence-corrected chi connectivity index (χ1v) is 8.86. The van der Waals surface area contributed by atoms with Gasteiger partial charge in [0.05, 0.1) is 6.04 Å². The van der Waals surface area contributed by atoms with Crippen LogP contribution in [0, 0.1) is 0 Å². The predicted molar refractivity (Wildman–Crippen MR) is 97.2 cm³/mol. The molecule has 0 radical (unpaired) electrons. The minimum Gasteiger partial charge on any atom is -0.457 e. The molecule has 0 amide bonds. The molecule has 0 bridgehead atoms. The van der Waals surface area contributed by atoms with E-state index in [1.54, 1.807) is 0 Å². The lowest BCUT2D eigenvalue weighted by Crippen LogP contribution is -2.32. The fourth-order valence-corrected chi connectivity index (χ4v) is 3.37. The Kier molecular flexibility index (Phi) is 4.83. The predicted octanol–water partition coefficient (Wildman–Crippen LogP) is 4.94. The summed E-state index contributed by atoms with van der Waals surface area (Å²) in [6.07, 6.45) is 7.32. The molecule has 4 rings (SSSR count). The van der Waals surface area contributed by atoms with Gasteiger partial charge in [0.2, 0.25) is 0 Å². The van der Waals surface area contributed by atoms with E-state index in [1.807, 2.05) is 54.6 Å². The monoisotopic (exact) mass is 337 g/mol. The zero-order valence-electron chi connectivity index (χ0n) is 14.4. The summed E-state index contributed by atoms with van der Waals surface area (Å²) in [5.74, 6) is 1.69. The van der Waals surface area contributed by atoms with E-state index in [0.29, 0.717) is 0 Å². The molecule has 0 saturated carbocycles. The smallest absolute Gasteiger partial charge is 0.177 e. The van der Waals surface area contributed by atoms with Crippen LogP contribution in [0.1, 0.15) is 36.4 Å². The molecule has 130 valence electrons. The first-order valence-electron chi connectivity index (χ1n) is 8.86. The topological polar surface area (TPSA) is 30.9 Å². The lowest BCUT2D eigenvalue weighted by molar-refractivity contribution is -0.290. The van der Waals surface area contributed by atoms with E-state index < -0.39 is 0 Å². The fourth-order valence-electron chi connectivity index (χ4n) is 3.37. The van der Waals surface area contributed by atoms with E-state index >= 15 is 0 Å². The average Bonchev–Trinajstić information content (AvgIpc) is 3.09. The van der Waals surface area contributed by atoms with Gasteiger partial charge in [-0.2, -0.15) is 5.06 Å². The van der Waals surface area contributed by atoms with Gasteiger partial charge in [-0.05, 0) is 36.6 Å². The number of benzene rings is 2. The number of hydroxylamine groups is 2. The number of rotatable bonds is 5. The number of para-hydroxylation sites is 1. The first-order chi connectivity index (χ1) is 12.3. The molecule has 4 heteroatoms. The van der Waals surface area contributed by atoms with E-state index in [1.165, 1.54) is 5.56 Å². The summed E-state index contributed by atoms with van der Waals surface area (Å²) in [5.41, 5.74) is 2.29. The van der Waals surface area contributed by atoms with Crippen molar-refractivity contribution in [2.45, 2.75) is 31.6 Å². The van der Waals surface area contributed by atoms with Crippen LogP contribution in [0.3, 0.4) is 0 Å². The summed E-state index contributed by atoms with van der Waals surface area (Å²) in [5, 5.41) is 1.89. The van der Waals surface area contributed by atoms with Crippen molar-refractivity contribution in [2.24, 2.45) is 0 Å². The Morgan fingerprint density at radius 2 is 1.92 bits per heavy atom. The summed E-state index contributed by atoms with van der Waals surface area (Å²) in [6.45, 7) is 0.776. The lowest BCUT2D eigenvalue weighted by Gasteiger charge is -2.31. The van der Waals surface area contributed by atoms with Crippen molar-refractivity contribution in [3.05, 3.63) is 65.7 Å². The minimum atomic E-state index is -0.154. The van der Waals surface area contributed by atoms with Gasteiger partial charge in [0, 0.05) is 25.6 Å². The Morgan fingerprint density at radius 3 is 2.72 bits per heavy atom. The lowest BCUT2D eigenvalue weighted by atomic mass is 10.1. The molecule has 2 unspecified atom stereocenters. The summed E-state index contributed by atoms with van der Waals surface area (Å²) in [4.78, 5) is 6.04. The Hall–Kier alpha value is -2.14. The molecule has 1 fully saturated rings. The molecule has 4 nitrogen and oxygen atoms in total. The third-order valence-corrected chi connectivity index (χ3v) is 4.64. The second-order valence-electron chi connectivity index (χ2n) is 6.43. The Bertz CT molecular complexity index is 738. The Morgan fingerprint density at radius 1 is 1.04 bits per heavy atom. The Labute approximate surface area is 148 Å². The number of hydrogen-bond donors (Lipinski definition) is 0. The van der Waals surface area contributed by atoms with Crippen molar-refractivity contribution in [1.82, 2.24) is 5.06 Å². The third kappa shape index (κ3) is 3.61. The highest BCUT2D eigenvalue weighted by molar-refractivity contribution is 5.66. The number of hydrogen-bond acceptors (Lipinski definition) is 4. The molecule has 1 heterocycles. The van der Waals surface area contributed by atoms with Gasteiger partial charge >= 0.3 is 0 Å². The highest BCUT2D eigenvalue weighted by atomic mass is 16.8. The van der Waals surface area contributed by atoms with Crippen LogP contribution in [0.4, 0.5) is 0 Å². The van der Waals surface area contributed by atoms with Crippen LogP contribution in [0.2, 0.25) is 0 Å². The average molecular weight is 337 g/mol. The molecule has 0 aromatic heterocycles. The number of fused-ring (bicyclic) bond motifs is 1. The van der Waals surface area contributed by atoms with E-state index in [9.17, 15) is 0 Å². The van der Waals surface area contributed by atoms with Crippen LogP contribution in [-0.4, -0.2) is 25.0 Å². The molecule has 1 saturated heterocycles. The van der Waals surface area contributed by atoms with E-state index in [-0.39, 0.29) is 12.3 Å². The SMILES string of the molecule is CN(OC1CCCCO1)C1C=Cc2cccc(Oc3ccccc3)c21. The van der Waals surface area contributed by atoms with Gasteiger partial charge in [-0.3, -0.25) is 4.84 Å². The van der Waals surface area contributed by atoms with Crippen molar-refractivity contribution in [3.63, 3.8) is 0 Å². The number of likely N-dealkylation sites (N-methyl/N-ethyl adjacent to an activating group) is 1. The zero-order valence-corrected chi connectivity index (χ0v) is 14.4. The van der Waals surface area contributed by atoms with Crippen LogP contribution in [0.25, 0.3) is 6.08 Å². The second kappa shape index (κ2) is 7.40. The summed E-state index contributed by atoms with van der Waals surface area (Å²) >= 11 is 0. The molecular formula is C21H23NO3. The maximum atomic E-state index is 6.14. The van der Waals surface area contributed by atoms with Gasteiger partial charge in [0.25, 0.3) is 0 Å². The molecule has 2 aromatic rings. The van der Waals surface area contributed by atoms with Crippen LogP contribution in [-0.2, 0) is 9.57 Å². The second-order valence-corrected chi connectivity index (χ2v) is 6.43. The molecule has 0 spiro atoms. The maximum absolute atomic E-state index is 6.14. The minimum absolute atomic E-state index is 0.0143. The highest BCUT2D eigenvalue weighted by Crippen LogP contribution is 2.40. The van der Waals surface area contributed by atoms with E-state index in [4.69, 9.17) is 14.3 Å². The summed E-state index contributed by atoms with van der Waals surface area (Å²) in [7, 11) is 1.96. The van der Waals surface area contributed by atoms with Gasteiger partial charge in [0.15, 0.2) is 6.29 Å². The molecule has 1 aliphatic heterocycles. The highest BCUT2D eigenvalue weighted by Gasteiger charge is 2.28. The van der Waals surface area contributed by atoms with Crippen molar-refractivity contribution in [3.8, 4) is 11.5 Å². The van der Waals surface area contributed by atoms with Crippen molar-refractivity contribution in [1.29, 1.82) is 0 Å². The van der Waals surface area contributed by atoms with Gasteiger partial charge in [-0.1, -0.05) is 42.5 Å². The van der Waals surface area contributed by atoms with Crippen LogP contribution < -0.4 is 4.74 Å². The quantitative estimate of drug-likeness (QED) is 0.723. The largest absolute Gasteiger partial charge is 0.457 e. The van der Waals surface area contributed by atoms with Gasteiger partial charge in [0.1, 0.15) is 11.5 Å². The molecule has 25 heavy (non-hydrogen) atoms. The summed E-state index contributed by atoms with van der Waals surface area (Å²) in [6, 6.07) is 16.0. The molecule has 1 aliphatic carbocycles. The van der Waals surface area contributed by atoms with Crippen molar-refractivity contribution in [2.75, 3.05) is 13.7 Å². The van der Waals surface area contributed by atoms with Crippen LogP contribution >= 0.6 is 0 Å². The normalized spacial score (nSPS) is 22.2. The zero-order chi connectivity index (χ0) is 17.1. The fraction of sp³-hybridized carbons (Fsp3) is 0.333. The molecular weight excluding hydrogens is 314 g/mol. The number of nitrogens with zero attached hydrogens (tertiary/aromatic N) is 1. The van der Waals surface area contributed by atoms with Crippen molar-refractivity contribution < 1.29 is 14.3 Å². The van der Waals surface area contributed by atoms with Crippen LogP contribution in [0.15, 0.2) is 54.6 Å². The van der Waals surface area contributed by atoms with E-state index in [0.717, 1.165) is 42.9 Å².